The molecule has 1 aliphatic heterocycles. The van der Waals surface area contributed by atoms with E-state index >= 15 is 0 Å². The molecule has 1 N–H and O–H groups in total. The Morgan fingerprint density at radius 2 is 1.42 bits per heavy atom. The first-order valence-electron chi connectivity index (χ1n) is 8.00. The Kier molecular flexibility index (Phi) is 4.75. The molecule has 0 unspecified atom stereocenters. The number of carbonyl (C=O) groups is 4. The summed E-state index contributed by atoms with van der Waals surface area (Å²) in [4.78, 5) is 50.4. The van der Waals surface area contributed by atoms with Crippen LogP contribution in [-0.4, -0.2) is 34.9 Å². The van der Waals surface area contributed by atoms with Crippen LogP contribution in [0.5, 0.6) is 0 Å². The number of rotatable bonds is 3. The highest BCUT2D eigenvalue weighted by atomic mass is 16.2. The zero-order valence-corrected chi connectivity index (χ0v) is 14.1. The molecule has 6 nitrogen and oxygen atoms in total. The third kappa shape index (κ3) is 3.30. The fraction of sp³-hybridized carbons (Fsp3) is 0.100. The molecule has 0 radical (unpaired) electrons. The highest BCUT2D eigenvalue weighted by Crippen LogP contribution is 2.25. The number of piperazine rings is 1. The van der Waals surface area contributed by atoms with Gasteiger partial charge in [0.15, 0.2) is 5.78 Å². The van der Waals surface area contributed by atoms with Gasteiger partial charge in [-0.05, 0) is 5.56 Å². The van der Waals surface area contributed by atoms with Gasteiger partial charge in [-0.3, -0.25) is 24.1 Å². The maximum atomic E-state index is 13.1. The SMILES string of the molecule is CC(=O)N1CC(=O)N/C(=C(/C(=O)c2ccccc2)c2ccccc2)C1=O. The molecule has 6 heteroatoms. The van der Waals surface area contributed by atoms with E-state index in [2.05, 4.69) is 5.32 Å². The quantitative estimate of drug-likeness (QED) is 0.677. The first kappa shape index (κ1) is 17.3. The number of amides is 3. The molecule has 3 rings (SSSR count). The molecule has 26 heavy (non-hydrogen) atoms. The highest BCUT2D eigenvalue weighted by Gasteiger charge is 2.35. The van der Waals surface area contributed by atoms with Gasteiger partial charge in [0.2, 0.25) is 11.8 Å². The Bertz CT molecular complexity index is 917. The lowest BCUT2D eigenvalue weighted by Crippen LogP contribution is -2.52. The molecule has 0 bridgehead atoms. The van der Waals surface area contributed by atoms with Crippen molar-refractivity contribution in [1.82, 2.24) is 10.2 Å². The van der Waals surface area contributed by atoms with Crippen molar-refractivity contribution in [2.75, 3.05) is 6.54 Å². The Morgan fingerprint density at radius 3 is 1.96 bits per heavy atom. The summed E-state index contributed by atoms with van der Waals surface area (Å²) in [6.07, 6.45) is 0. The molecule has 1 fully saturated rings. The normalized spacial score (nSPS) is 16.1. The minimum atomic E-state index is -0.694. The monoisotopic (exact) mass is 348 g/mol. The molecule has 130 valence electrons. The lowest BCUT2D eigenvalue weighted by Gasteiger charge is -2.27. The van der Waals surface area contributed by atoms with Crippen molar-refractivity contribution in [3.63, 3.8) is 0 Å². The fourth-order valence-electron chi connectivity index (χ4n) is 2.73. The summed E-state index contributed by atoms with van der Waals surface area (Å²) in [5.41, 5.74) is 0.730. The molecule has 0 saturated carbocycles. The maximum absolute atomic E-state index is 13.1. The van der Waals surface area contributed by atoms with E-state index in [-0.39, 0.29) is 17.8 Å². The molecular weight excluding hydrogens is 332 g/mol. The number of hydrogen-bond acceptors (Lipinski definition) is 4. The number of Topliss-reactive ketones (excluding diaryl/α,β-unsaturated/α-hetero) is 1. The van der Waals surface area contributed by atoms with E-state index in [1.54, 1.807) is 60.7 Å². The standard InChI is InChI=1S/C20H16N2O4/c1-13(23)22-12-16(24)21-18(20(22)26)17(14-8-4-2-5-9-14)19(25)15-10-6-3-7-11-15/h2-11H,12H2,1H3,(H,21,24)/b18-17+. The average Bonchev–Trinajstić information content (AvgIpc) is 2.65. The number of benzene rings is 2. The highest BCUT2D eigenvalue weighted by molar-refractivity contribution is 6.34. The number of ketones is 1. The van der Waals surface area contributed by atoms with Crippen LogP contribution in [0.3, 0.4) is 0 Å². The van der Waals surface area contributed by atoms with Crippen molar-refractivity contribution in [1.29, 1.82) is 0 Å². The van der Waals surface area contributed by atoms with Crippen LogP contribution >= 0.6 is 0 Å². The topological polar surface area (TPSA) is 83.6 Å². The molecule has 0 aliphatic carbocycles. The maximum Gasteiger partial charge on any atom is 0.278 e. The average molecular weight is 348 g/mol. The zero-order valence-electron chi connectivity index (χ0n) is 14.1. The largest absolute Gasteiger partial charge is 0.319 e. The van der Waals surface area contributed by atoms with Crippen LogP contribution in [0.4, 0.5) is 0 Å². The van der Waals surface area contributed by atoms with Crippen LogP contribution in [0.15, 0.2) is 66.4 Å². The molecular formula is C20H16N2O4. The van der Waals surface area contributed by atoms with Crippen LogP contribution in [0.1, 0.15) is 22.8 Å². The van der Waals surface area contributed by atoms with Crippen LogP contribution in [-0.2, 0) is 14.4 Å². The van der Waals surface area contributed by atoms with Gasteiger partial charge >= 0.3 is 0 Å². The van der Waals surface area contributed by atoms with E-state index in [0.29, 0.717) is 11.1 Å². The van der Waals surface area contributed by atoms with Gasteiger partial charge in [0.05, 0.1) is 5.57 Å². The third-order valence-electron chi connectivity index (χ3n) is 3.98. The molecule has 3 amide bonds. The summed E-state index contributed by atoms with van der Waals surface area (Å²) in [7, 11) is 0. The van der Waals surface area contributed by atoms with Crippen LogP contribution < -0.4 is 5.32 Å². The van der Waals surface area contributed by atoms with E-state index in [1.807, 2.05) is 0 Å². The van der Waals surface area contributed by atoms with Gasteiger partial charge in [-0.15, -0.1) is 0 Å². The molecule has 0 atom stereocenters. The number of carbonyl (C=O) groups excluding carboxylic acids is 4. The first-order valence-corrected chi connectivity index (χ1v) is 8.00. The van der Waals surface area contributed by atoms with Crippen molar-refractivity contribution >= 4 is 29.1 Å². The van der Waals surface area contributed by atoms with Crippen LogP contribution in [0.25, 0.3) is 5.57 Å². The number of nitrogens with zero attached hydrogens (tertiary/aromatic N) is 1. The second kappa shape index (κ2) is 7.14. The summed E-state index contributed by atoms with van der Waals surface area (Å²) in [6.45, 7) is 0.842. The molecule has 0 aromatic heterocycles. The minimum absolute atomic E-state index is 0.0566. The minimum Gasteiger partial charge on any atom is -0.319 e. The van der Waals surface area contributed by atoms with Gasteiger partial charge in [0, 0.05) is 12.5 Å². The van der Waals surface area contributed by atoms with Gasteiger partial charge < -0.3 is 5.32 Å². The molecule has 1 saturated heterocycles. The lowest BCUT2D eigenvalue weighted by atomic mass is 9.93. The fourth-order valence-corrected chi connectivity index (χ4v) is 2.73. The summed E-state index contributed by atoms with van der Waals surface area (Å²) in [5, 5.41) is 2.48. The van der Waals surface area contributed by atoms with Crippen LogP contribution in [0.2, 0.25) is 0 Å². The Labute approximate surface area is 150 Å². The summed E-state index contributed by atoms with van der Waals surface area (Å²) < 4.78 is 0. The Balaban J connectivity index is 2.21. The molecule has 2 aromatic carbocycles. The van der Waals surface area contributed by atoms with Crippen molar-refractivity contribution < 1.29 is 19.2 Å². The molecule has 0 spiro atoms. The van der Waals surface area contributed by atoms with Gasteiger partial charge in [0.1, 0.15) is 12.2 Å². The van der Waals surface area contributed by atoms with E-state index < -0.39 is 23.5 Å². The molecule has 1 aliphatic rings. The zero-order chi connectivity index (χ0) is 18.7. The molecule has 1 heterocycles. The smallest absolute Gasteiger partial charge is 0.278 e. The number of imide groups is 1. The van der Waals surface area contributed by atoms with Crippen molar-refractivity contribution in [2.45, 2.75) is 6.92 Å². The number of nitrogens with one attached hydrogen (secondary N) is 1. The Morgan fingerprint density at radius 1 is 0.885 bits per heavy atom. The molecule has 2 aromatic rings. The van der Waals surface area contributed by atoms with E-state index in [1.165, 1.54) is 6.92 Å². The van der Waals surface area contributed by atoms with Crippen LogP contribution in [0, 0.1) is 0 Å². The summed E-state index contributed by atoms with van der Waals surface area (Å²) >= 11 is 0. The second-order valence-electron chi connectivity index (χ2n) is 5.77. The van der Waals surface area contributed by atoms with Gasteiger partial charge in [-0.2, -0.15) is 0 Å². The predicted molar refractivity (Wildman–Crippen MR) is 94.7 cm³/mol. The van der Waals surface area contributed by atoms with Crippen molar-refractivity contribution in [3.05, 3.63) is 77.5 Å². The van der Waals surface area contributed by atoms with E-state index in [9.17, 15) is 19.2 Å². The van der Waals surface area contributed by atoms with E-state index in [4.69, 9.17) is 0 Å². The van der Waals surface area contributed by atoms with Crippen molar-refractivity contribution in [3.8, 4) is 0 Å². The van der Waals surface area contributed by atoms with Gasteiger partial charge in [0.25, 0.3) is 5.91 Å². The van der Waals surface area contributed by atoms with Gasteiger partial charge in [-0.1, -0.05) is 60.7 Å². The lowest BCUT2D eigenvalue weighted by molar-refractivity contribution is -0.147. The number of allylic oxidation sites excluding steroid dienone is 1. The van der Waals surface area contributed by atoms with Crippen molar-refractivity contribution in [2.24, 2.45) is 0 Å². The Hall–Kier alpha value is -3.54. The summed E-state index contributed by atoms with van der Waals surface area (Å²) in [5.74, 6) is -2.18. The predicted octanol–water partition coefficient (Wildman–Crippen LogP) is 1.79. The van der Waals surface area contributed by atoms with E-state index in [0.717, 1.165) is 4.90 Å². The first-order chi connectivity index (χ1) is 12.5. The number of hydrogen-bond donors (Lipinski definition) is 1. The summed E-state index contributed by atoms with van der Waals surface area (Å²) in [6, 6.07) is 17.0. The second-order valence-corrected chi connectivity index (χ2v) is 5.77. The third-order valence-corrected chi connectivity index (χ3v) is 3.98. The van der Waals surface area contributed by atoms with Gasteiger partial charge in [-0.25, -0.2) is 0 Å².